The number of rotatable bonds is 12. The molecule has 5 rings (SSSR count). The highest BCUT2D eigenvalue weighted by atomic mass is 32.2. The Morgan fingerprint density at radius 3 is 2.29 bits per heavy atom. The second-order valence-corrected chi connectivity index (χ2v) is 15.5. The van der Waals surface area contributed by atoms with Crippen molar-refractivity contribution in [3.05, 3.63) is 99.8 Å². The van der Waals surface area contributed by atoms with E-state index in [0.29, 0.717) is 42.7 Å². The van der Waals surface area contributed by atoms with Crippen LogP contribution < -0.4 is 4.90 Å². The van der Waals surface area contributed by atoms with Gasteiger partial charge in [0.05, 0.1) is 22.2 Å². The van der Waals surface area contributed by atoms with Crippen LogP contribution in [0.15, 0.2) is 86.7 Å². The van der Waals surface area contributed by atoms with Crippen LogP contribution in [0.2, 0.25) is 0 Å². The molecule has 0 spiro atoms. The molecule has 8 nitrogen and oxygen atoms in total. The van der Waals surface area contributed by atoms with E-state index >= 15 is 0 Å². The van der Waals surface area contributed by atoms with Gasteiger partial charge >= 0.3 is 0 Å². The summed E-state index contributed by atoms with van der Waals surface area (Å²) < 4.78 is 71.2. The van der Waals surface area contributed by atoms with Crippen molar-refractivity contribution in [2.24, 2.45) is 0 Å². The average molecular weight is 668 g/mol. The van der Waals surface area contributed by atoms with Gasteiger partial charge in [0.25, 0.3) is 20.2 Å². The highest BCUT2D eigenvalue weighted by Crippen LogP contribution is 2.48. The van der Waals surface area contributed by atoms with Crippen LogP contribution in [0.1, 0.15) is 48.6 Å². The summed E-state index contributed by atoms with van der Waals surface area (Å²) in [4.78, 5) is 3.30. The molecule has 2 N–H and O–H groups in total. The van der Waals surface area contributed by atoms with Crippen molar-refractivity contribution in [1.82, 2.24) is 0 Å². The molecule has 0 atom stereocenters. The Hall–Kier alpha value is -3.35. The summed E-state index contributed by atoms with van der Waals surface area (Å²) in [7, 11) is -8.23. The van der Waals surface area contributed by atoms with Crippen LogP contribution in [0.3, 0.4) is 0 Å². The number of anilines is 1. The van der Waals surface area contributed by atoms with Crippen molar-refractivity contribution in [2.75, 3.05) is 23.0 Å². The highest BCUT2D eigenvalue weighted by molar-refractivity contribution is 8.03. The molecule has 4 aromatic rings. The van der Waals surface area contributed by atoms with Crippen LogP contribution in [0, 0.1) is 13.8 Å². The van der Waals surface area contributed by atoms with Gasteiger partial charge in [0.1, 0.15) is 11.3 Å². The smallest absolute Gasteiger partial charge is 0.265 e. The van der Waals surface area contributed by atoms with E-state index in [0.717, 1.165) is 43.3 Å². The van der Waals surface area contributed by atoms with Crippen molar-refractivity contribution in [3.63, 3.8) is 0 Å². The molecule has 0 radical (unpaired) electrons. The predicted octanol–water partition coefficient (Wildman–Crippen LogP) is 8.06. The Kier molecular flexibility index (Phi) is 9.95. The first-order chi connectivity index (χ1) is 21.3. The van der Waals surface area contributed by atoms with Crippen LogP contribution in [0.5, 0.6) is 0 Å². The van der Waals surface area contributed by atoms with E-state index in [-0.39, 0.29) is 12.2 Å². The van der Waals surface area contributed by atoms with Crippen LogP contribution in [-0.4, -0.2) is 44.0 Å². The van der Waals surface area contributed by atoms with Crippen LogP contribution in [0.25, 0.3) is 28.2 Å². The van der Waals surface area contributed by atoms with E-state index < -0.39 is 26.0 Å². The molecule has 3 aromatic carbocycles. The van der Waals surface area contributed by atoms with E-state index in [9.17, 15) is 25.9 Å². The fraction of sp³-hybridized carbons (Fsp3) is 0.294. The minimum atomic E-state index is -4.20. The number of benzene rings is 3. The number of hydrogen-bond donors (Lipinski definition) is 2. The number of hydrogen-bond acceptors (Lipinski definition) is 7. The molecule has 0 saturated carbocycles. The number of nitrogens with zero attached hydrogens (tertiary/aromatic N) is 1. The molecule has 2 heterocycles. The molecule has 0 aliphatic carbocycles. The fourth-order valence-electron chi connectivity index (χ4n) is 5.40. The van der Waals surface area contributed by atoms with Gasteiger partial charge in [-0.2, -0.15) is 16.8 Å². The van der Waals surface area contributed by atoms with Crippen LogP contribution >= 0.6 is 11.8 Å². The molecule has 238 valence electrons. The monoisotopic (exact) mass is 667 g/mol. The third-order valence-electron chi connectivity index (χ3n) is 7.95. The van der Waals surface area contributed by atoms with E-state index in [1.54, 1.807) is 11.8 Å². The first kappa shape index (κ1) is 33.0. The van der Waals surface area contributed by atoms with Gasteiger partial charge in [0.15, 0.2) is 0 Å². The van der Waals surface area contributed by atoms with E-state index in [1.807, 2.05) is 61.5 Å². The quantitative estimate of drug-likeness (QED) is 0.114. The van der Waals surface area contributed by atoms with Crippen molar-refractivity contribution >= 4 is 54.7 Å². The van der Waals surface area contributed by atoms with Crippen molar-refractivity contribution in [2.45, 2.75) is 51.3 Å². The number of thioether (sulfide) groups is 1. The fourth-order valence-corrected chi connectivity index (χ4v) is 7.68. The summed E-state index contributed by atoms with van der Waals surface area (Å²) in [5.74, 6) is -0.168. The summed E-state index contributed by atoms with van der Waals surface area (Å²) in [6.07, 6.45) is 5.69. The lowest BCUT2D eigenvalue weighted by atomic mass is 10.0. The van der Waals surface area contributed by atoms with Crippen molar-refractivity contribution < 1.29 is 30.4 Å². The van der Waals surface area contributed by atoms with Gasteiger partial charge in [-0.1, -0.05) is 55.1 Å². The Morgan fingerprint density at radius 2 is 1.60 bits per heavy atom. The molecule has 11 heteroatoms. The maximum atomic E-state index is 11.8. The number of fused-ring (bicyclic) bond motifs is 2. The molecule has 0 fully saturated rings. The lowest BCUT2D eigenvalue weighted by molar-refractivity contribution is 0.479. The minimum Gasteiger partial charge on any atom is -0.456 e. The first-order valence-electron chi connectivity index (χ1n) is 14.8. The summed E-state index contributed by atoms with van der Waals surface area (Å²) in [5.41, 5.74) is 7.69. The second-order valence-electron chi connectivity index (χ2n) is 11.3. The number of furan rings is 1. The van der Waals surface area contributed by atoms with Gasteiger partial charge in [0, 0.05) is 22.4 Å². The zero-order valence-corrected chi connectivity index (χ0v) is 27.9. The van der Waals surface area contributed by atoms with E-state index in [4.69, 9.17) is 4.42 Å². The Balaban J connectivity index is 1.54. The number of allylic oxidation sites excluding steroid dienone is 2. The topological polar surface area (TPSA) is 125 Å². The zero-order chi connectivity index (χ0) is 32.4. The molecule has 0 amide bonds. The lowest BCUT2D eigenvalue weighted by Gasteiger charge is -2.21. The van der Waals surface area contributed by atoms with E-state index in [2.05, 4.69) is 37.0 Å². The normalized spacial score (nSPS) is 14.9. The third-order valence-corrected chi connectivity index (χ3v) is 10.6. The Morgan fingerprint density at radius 1 is 0.889 bits per heavy atom. The maximum absolute atomic E-state index is 11.8. The molecular weight excluding hydrogens is 631 g/mol. The average Bonchev–Trinajstić information content (AvgIpc) is 3.49. The van der Waals surface area contributed by atoms with Gasteiger partial charge in [-0.25, -0.2) is 0 Å². The first-order valence-corrected chi connectivity index (χ1v) is 18.8. The van der Waals surface area contributed by atoms with Gasteiger partial charge in [-0.15, -0.1) is 0 Å². The summed E-state index contributed by atoms with van der Waals surface area (Å²) in [6, 6.07) is 20.1. The lowest BCUT2D eigenvalue weighted by Crippen LogP contribution is -2.20. The second kappa shape index (κ2) is 13.6. The Bertz CT molecular complexity index is 1990. The SMILES string of the molecule is CCC(=C/c1oc2ccc(-c3ccccc3)cc2c1CCS(=O)(=O)O)/C=C1\Sc2cc(C)c(C)cc2N1CCCCS(=O)(=O)O. The molecular formula is C34H37NO7S3. The van der Waals surface area contributed by atoms with Gasteiger partial charge in [-0.05, 0) is 104 Å². The molecule has 1 aliphatic heterocycles. The predicted molar refractivity (Wildman–Crippen MR) is 183 cm³/mol. The molecule has 1 aromatic heterocycles. The third kappa shape index (κ3) is 8.28. The van der Waals surface area contributed by atoms with Crippen molar-refractivity contribution in [3.8, 4) is 11.1 Å². The molecule has 0 saturated heterocycles. The Labute approximate surface area is 269 Å². The summed E-state index contributed by atoms with van der Waals surface area (Å²) in [5, 5.41) is 1.78. The van der Waals surface area contributed by atoms with Crippen LogP contribution in [0.4, 0.5) is 5.69 Å². The largest absolute Gasteiger partial charge is 0.456 e. The number of unbranched alkanes of at least 4 members (excludes halogenated alkanes) is 1. The minimum absolute atomic E-state index is 0.0854. The maximum Gasteiger partial charge on any atom is 0.265 e. The van der Waals surface area contributed by atoms with Crippen molar-refractivity contribution in [1.29, 1.82) is 0 Å². The molecule has 45 heavy (non-hydrogen) atoms. The molecule has 0 unspecified atom stereocenters. The summed E-state index contributed by atoms with van der Waals surface area (Å²) in [6.45, 7) is 6.75. The van der Waals surface area contributed by atoms with Crippen LogP contribution in [-0.2, 0) is 26.7 Å². The van der Waals surface area contributed by atoms with E-state index in [1.165, 1.54) is 5.56 Å². The van der Waals surface area contributed by atoms with Gasteiger partial charge in [-0.3, -0.25) is 9.11 Å². The number of aryl methyl sites for hydroxylation is 3. The highest BCUT2D eigenvalue weighted by Gasteiger charge is 2.26. The summed E-state index contributed by atoms with van der Waals surface area (Å²) >= 11 is 1.64. The zero-order valence-electron chi connectivity index (χ0n) is 25.5. The van der Waals surface area contributed by atoms with Gasteiger partial charge in [0.2, 0.25) is 0 Å². The molecule has 0 bridgehead atoms. The van der Waals surface area contributed by atoms with Gasteiger partial charge < -0.3 is 9.32 Å². The standard InChI is InChI=1S/C34H37NO7S3/c1-4-25(21-34-35(15-8-9-16-44(36,37)38)30-18-23(2)24(3)19-33(30)43-34)20-32-28(14-17-45(39,40)41)29-22-27(12-13-31(29)42-32)26-10-6-5-7-11-26/h5-7,10-13,18-22H,4,8-9,14-17H2,1-3H3,(H,36,37,38)(H,39,40,41)/b25-20-,34-21-. The molecule has 1 aliphatic rings.